The second-order valence-corrected chi connectivity index (χ2v) is 6.39. The zero-order chi connectivity index (χ0) is 21.2. The molecule has 0 radical (unpaired) electrons. The van der Waals surface area contributed by atoms with Crippen molar-refractivity contribution in [2.75, 3.05) is 12.0 Å². The number of hydrogen-bond donors (Lipinski definition) is 4. The molecule has 0 spiro atoms. The molecule has 2 atom stereocenters. The lowest BCUT2D eigenvalue weighted by Crippen LogP contribution is -2.37. The van der Waals surface area contributed by atoms with E-state index < -0.39 is 24.0 Å². The Labute approximate surface area is 167 Å². The first-order valence-corrected chi connectivity index (χ1v) is 9.30. The van der Waals surface area contributed by atoms with Crippen LogP contribution in [-0.2, 0) is 14.3 Å². The van der Waals surface area contributed by atoms with E-state index in [1.165, 1.54) is 23.5 Å². The number of nitrogens with one attached hydrogen (secondary N) is 1. The molecule has 0 saturated carbocycles. The summed E-state index contributed by atoms with van der Waals surface area (Å²) in [6.45, 7) is 2.31. The number of unbranched alkanes of at least 4 members (excludes halogenated alkanes) is 2. The van der Waals surface area contributed by atoms with Crippen LogP contribution in [0.2, 0.25) is 0 Å². The van der Waals surface area contributed by atoms with Crippen LogP contribution in [0.25, 0.3) is 11.2 Å². The number of hydrogen-bond acceptors (Lipinski definition) is 8. The fourth-order valence-electron chi connectivity index (χ4n) is 2.63. The Kier molecular flexibility index (Phi) is 8.12. The quantitative estimate of drug-likeness (QED) is 0.162. The van der Waals surface area contributed by atoms with Gasteiger partial charge in [0.2, 0.25) is 0 Å². The summed E-state index contributed by atoms with van der Waals surface area (Å²) in [5.41, 5.74) is 14.6. The number of aliphatic imine (C=N–C) groups is 1. The molecule has 0 aliphatic rings. The minimum absolute atomic E-state index is 0.0611. The number of nitrogens with zero attached hydrogens (tertiary/aromatic N) is 5. The van der Waals surface area contributed by atoms with Crippen molar-refractivity contribution in [1.29, 1.82) is 0 Å². The van der Waals surface area contributed by atoms with Gasteiger partial charge in [-0.25, -0.2) is 34.2 Å². The van der Waals surface area contributed by atoms with Gasteiger partial charge < -0.3 is 26.7 Å². The molecule has 0 aromatic carbocycles. The van der Waals surface area contributed by atoms with Crippen LogP contribution in [0.5, 0.6) is 0 Å². The molecule has 0 aliphatic heterocycles. The number of fused-ring (bicyclic) bond motifs is 1. The van der Waals surface area contributed by atoms with E-state index in [4.69, 9.17) is 16.2 Å². The highest BCUT2D eigenvalue weighted by molar-refractivity contribution is 5.83. The van der Waals surface area contributed by atoms with Crippen molar-refractivity contribution in [2.24, 2.45) is 16.5 Å². The Morgan fingerprint density at radius 1 is 1.31 bits per heavy atom. The Balaban J connectivity index is 2.02. The smallest absolute Gasteiger partial charge is 0.331 e. The summed E-state index contributed by atoms with van der Waals surface area (Å²) in [5.74, 6) is -1.96. The highest BCUT2D eigenvalue weighted by atomic mass is 16.5. The number of carbonyl (C=O) groups excluding carboxylic acids is 1. The van der Waals surface area contributed by atoms with Crippen molar-refractivity contribution < 1.29 is 19.4 Å². The third-order valence-electron chi connectivity index (χ3n) is 4.10. The maximum Gasteiger partial charge on any atom is 0.331 e. The summed E-state index contributed by atoms with van der Waals surface area (Å²) in [6.07, 6.45) is 7.07. The largest absolute Gasteiger partial charge is 0.480 e. The number of carbonyl (C=O) groups is 2. The Morgan fingerprint density at radius 3 is 2.79 bits per heavy atom. The van der Waals surface area contributed by atoms with Gasteiger partial charge >= 0.3 is 11.9 Å². The van der Waals surface area contributed by atoms with Gasteiger partial charge in [0.15, 0.2) is 17.6 Å². The Hall–Kier alpha value is -3.44. The molecule has 2 aromatic heterocycles. The van der Waals surface area contributed by atoms with Crippen molar-refractivity contribution >= 4 is 29.1 Å². The summed E-state index contributed by atoms with van der Waals surface area (Å²) in [5, 5.41) is 9.55. The van der Waals surface area contributed by atoms with E-state index in [2.05, 4.69) is 25.4 Å². The summed E-state index contributed by atoms with van der Waals surface area (Å²) >= 11 is 0. The van der Waals surface area contributed by atoms with Crippen LogP contribution in [0.3, 0.4) is 0 Å². The van der Waals surface area contributed by atoms with Crippen LogP contribution in [0.15, 0.2) is 23.8 Å². The Bertz CT molecular complexity index is 849. The molecule has 2 aromatic rings. The average Bonchev–Trinajstić information content (AvgIpc) is 3.09. The molecule has 12 nitrogen and oxygen atoms in total. The first-order chi connectivity index (χ1) is 13.9. The van der Waals surface area contributed by atoms with Gasteiger partial charge in [0, 0.05) is 0 Å². The van der Waals surface area contributed by atoms with E-state index in [0.29, 0.717) is 11.2 Å². The predicted octanol–water partition coefficient (Wildman–Crippen LogP) is -0.0214. The first-order valence-electron chi connectivity index (χ1n) is 9.30. The molecule has 158 valence electrons. The Morgan fingerprint density at radius 2 is 2.10 bits per heavy atom. The van der Waals surface area contributed by atoms with Crippen LogP contribution < -0.4 is 16.9 Å². The zero-order valence-electron chi connectivity index (χ0n) is 16.2. The standard InChI is InChI=1S/C17H26N8O4/c1-2-3-4-7-29-16(28)12(23-17(18)19)6-5-11(15(26)27)24-25-10-22-13-8-20-9-21-14(13)25/h8-12,24H,2-7H2,1H3,(H,26,27)(H4,18,19,23)/t11-,12?/m1/s1. The van der Waals surface area contributed by atoms with Gasteiger partial charge in [0.05, 0.1) is 12.8 Å². The van der Waals surface area contributed by atoms with Crippen LogP contribution in [0.4, 0.5) is 0 Å². The SMILES string of the molecule is CCCCCOC(=O)C(CC[C@@H](Nn1cnc2cncnc21)C(=O)O)N=C(N)N. The molecule has 2 heterocycles. The number of aliphatic carboxylic acids is 1. The lowest BCUT2D eigenvalue weighted by atomic mass is 10.1. The maximum atomic E-state index is 12.3. The van der Waals surface area contributed by atoms with E-state index in [-0.39, 0.29) is 25.4 Å². The number of guanidine groups is 1. The normalized spacial score (nSPS) is 12.9. The van der Waals surface area contributed by atoms with Crippen LogP contribution >= 0.6 is 0 Å². The summed E-state index contributed by atoms with van der Waals surface area (Å²) in [7, 11) is 0. The van der Waals surface area contributed by atoms with E-state index in [1.54, 1.807) is 0 Å². The van der Waals surface area contributed by atoms with Crippen LogP contribution in [0.1, 0.15) is 39.0 Å². The van der Waals surface area contributed by atoms with Crippen molar-refractivity contribution in [3.8, 4) is 0 Å². The van der Waals surface area contributed by atoms with Crippen molar-refractivity contribution in [3.63, 3.8) is 0 Å². The third-order valence-corrected chi connectivity index (χ3v) is 4.10. The van der Waals surface area contributed by atoms with E-state index in [0.717, 1.165) is 19.3 Å². The second kappa shape index (κ2) is 10.8. The van der Waals surface area contributed by atoms with Crippen LogP contribution in [0, 0.1) is 0 Å². The number of ether oxygens (including phenoxy) is 1. The van der Waals surface area contributed by atoms with E-state index >= 15 is 0 Å². The molecule has 29 heavy (non-hydrogen) atoms. The number of imidazole rings is 1. The first kappa shape index (κ1) is 21.9. The number of nitrogens with two attached hydrogens (primary N) is 2. The molecule has 0 saturated heterocycles. The summed E-state index contributed by atoms with van der Waals surface area (Å²) in [4.78, 5) is 39.9. The molecule has 1 unspecified atom stereocenters. The van der Waals surface area contributed by atoms with Gasteiger partial charge in [-0.3, -0.25) is 0 Å². The minimum atomic E-state index is -1.11. The molecule has 0 amide bonds. The molecule has 0 aliphatic carbocycles. The van der Waals surface area contributed by atoms with Gasteiger partial charge in [-0.1, -0.05) is 19.8 Å². The van der Waals surface area contributed by atoms with Gasteiger partial charge in [-0.15, -0.1) is 0 Å². The molecule has 12 heteroatoms. The fraction of sp³-hybridized carbons (Fsp3) is 0.529. The zero-order valence-corrected chi connectivity index (χ0v) is 16.2. The second-order valence-electron chi connectivity index (χ2n) is 6.39. The van der Waals surface area contributed by atoms with Crippen molar-refractivity contribution in [1.82, 2.24) is 19.6 Å². The number of carboxylic acids is 1. The lowest BCUT2D eigenvalue weighted by Gasteiger charge is -2.18. The summed E-state index contributed by atoms with van der Waals surface area (Å²) in [6, 6.07) is -2.01. The molecule has 0 bridgehead atoms. The van der Waals surface area contributed by atoms with Crippen LogP contribution in [-0.4, -0.2) is 61.3 Å². The monoisotopic (exact) mass is 406 g/mol. The number of carboxylic acid groups (broad SMARTS) is 1. The van der Waals surface area contributed by atoms with Crippen molar-refractivity contribution in [2.45, 2.75) is 51.1 Å². The number of aromatic nitrogens is 4. The van der Waals surface area contributed by atoms with Gasteiger partial charge in [-0.05, 0) is 19.3 Å². The summed E-state index contributed by atoms with van der Waals surface area (Å²) < 4.78 is 6.60. The number of rotatable bonds is 12. The molecular formula is C17H26N8O4. The average molecular weight is 406 g/mol. The molecule has 2 rings (SSSR count). The highest BCUT2D eigenvalue weighted by Gasteiger charge is 2.25. The molecule has 6 N–H and O–H groups in total. The third kappa shape index (κ3) is 6.59. The molecule has 0 fully saturated rings. The lowest BCUT2D eigenvalue weighted by molar-refractivity contribution is -0.146. The molecular weight excluding hydrogens is 380 g/mol. The highest BCUT2D eigenvalue weighted by Crippen LogP contribution is 2.12. The fourth-order valence-corrected chi connectivity index (χ4v) is 2.63. The van der Waals surface area contributed by atoms with Gasteiger partial charge in [0.25, 0.3) is 0 Å². The number of esters is 1. The van der Waals surface area contributed by atoms with Crippen molar-refractivity contribution in [3.05, 3.63) is 18.9 Å². The predicted molar refractivity (Wildman–Crippen MR) is 105 cm³/mol. The maximum absolute atomic E-state index is 12.3. The van der Waals surface area contributed by atoms with Gasteiger partial charge in [0.1, 0.15) is 24.2 Å². The minimum Gasteiger partial charge on any atom is -0.480 e. The topological polar surface area (TPSA) is 184 Å². The van der Waals surface area contributed by atoms with Gasteiger partial charge in [-0.2, -0.15) is 0 Å². The van der Waals surface area contributed by atoms with E-state index in [1.807, 2.05) is 6.92 Å². The van der Waals surface area contributed by atoms with E-state index in [9.17, 15) is 14.7 Å².